The molecule has 0 aromatic rings. The molecule has 0 saturated carbocycles. The fourth-order valence-corrected chi connectivity index (χ4v) is 2.70. The van der Waals surface area contributed by atoms with Crippen LogP contribution in [0.5, 0.6) is 0 Å². The SMILES string of the molecule is O=CN1C2=CN=CCC2C2C=CC=CC21. The minimum absolute atomic E-state index is 0.199. The number of nitrogens with zero attached hydrogens (tertiary/aromatic N) is 2. The number of carbonyl (C=O) groups excluding carboxylic acids is 1. The number of hydrogen-bond acceptors (Lipinski definition) is 2. The van der Waals surface area contributed by atoms with Gasteiger partial charge in [-0.15, -0.1) is 0 Å². The van der Waals surface area contributed by atoms with Gasteiger partial charge in [-0.25, -0.2) is 0 Å². The van der Waals surface area contributed by atoms with Gasteiger partial charge in [0.2, 0.25) is 6.41 Å². The molecule has 3 rings (SSSR count). The molecule has 3 atom stereocenters. The van der Waals surface area contributed by atoms with Crippen LogP contribution in [0.3, 0.4) is 0 Å². The number of aliphatic imine (C=N–C) groups is 1. The summed E-state index contributed by atoms with van der Waals surface area (Å²) in [7, 11) is 0. The van der Waals surface area contributed by atoms with E-state index < -0.39 is 0 Å². The lowest BCUT2D eigenvalue weighted by molar-refractivity contribution is -0.117. The van der Waals surface area contributed by atoms with Crippen LogP contribution in [0.25, 0.3) is 0 Å². The lowest BCUT2D eigenvalue weighted by Gasteiger charge is -2.21. The smallest absolute Gasteiger partial charge is 0.214 e. The zero-order valence-electron chi connectivity index (χ0n) is 8.28. The standard InChI is InChI=1S/C12H12N2O/c15-8-14-11-4-2-1-3-9(11)10-5-6-13-7-12(10)14/h1-4,6-11H,5H2. The third kappa shape index (κ3) is 1.12. The van der Waals surface area contributed by atoms with Gasteiger partial charge >= 0.3 is 0 Å². The maximum Gasteiger partial charge on any atom is 0.214 e. The van der Waals surface area contributed by atoms with E-state index in [2.05, 4.69) is 23.2 Å². The number of amides is 1. The fraction of sp³-hybridized carbons (Fsp3) is 0.333. The Morgan fingerprint density at radius 2 is 2.27 bits per heavy atom. The van der Waals surface area contributed by atoms with E-state index >= 15 is 0 Å². The van der Waals surface area contributed by atoms with Crippen molar-refractivity contribution >= 4 is 12.6 Å². The van der Waals surface area contributed by atoms with Crippen molar-refractivity contribution in [1.29, 1.82) is 0 Å². The molecule has 0 N–H and O–H groups in total. The molecule has 76 valence electrons. The molecule has 15 heavy (non-hydrogen) atoms. The maximum absolute atomic E-state index is 11.1. The van der Waals surface area contributed by atoms with Crippen molar-refractivity contribution in [3.63, 3.8) is 0 Å². The first kappa shape index (κ1) is 8.65. The third-order valence-corrected chi connectivity index (χ3v) is 3.40. The first-order valence-electron chi connectivity index (χ1n) is 5.22. The summed E-state index contributed by atoms with van der Waals surface area (Å²) < 4.78 is 0. The van der Waals surface area contributed by atoms with Gasteiger partial charge in [0, 0.05) is 29.9 Å². The van der Waals surface area contributed by atoms with Gasteiger partial charge in [0.05, 0.1) is 6.04 Å². The van der Waals surface area contributed by atoms with Crippen molar-refractivity contribution in [2.45, 2.75) is 12.5 Å². The molecule has 1 amide bonds. The normalized spacial score (nSPS) is 36.1. The summed E-state index contributed by atoms with van der Waals surface area (Å²) in [4.78, 5) is 17.0. The van der Waals surface area contributed by atoms with Gasteiger partial charge in [-0.1, -0.05) is 24.3 Å². The first-order valence-corrected chi connectivity index (χ1v) is 5.22. The van der Waals surface area contributed by atoms with E-state index in [0.29, 0.717) is 11.8 Å². The van der Waals surface area contributed by atoms with E-state index in [9.17, 15) is 4.79 Å². The number of fused-ring (bicyclic) bond motifs is 3. The van der Waals surface area contributed by atoms with Crippen LogP contribution in [0.1, 0.15) is 6.42 Å². The molecule has 1 aliphatic carbocycles. The Morgan fingerprint density at radius 1 is 1.40 bits per heavy atom. The second kappa shape index (κ2) is 3.19. The van der Waals surface area contributed by atoms with Crippen LogP contribution in [0.15, 0.2) is 41.2 Å². The van der Waals surface area contributed by atoms with Gasteiger partial charge in [-0.2, -0.15) is 0 Å². The van der Waals surface area contributed by atoms with Crippen LogP contribution in [0.2, 0.25) is 0 Å². The van der Waals surface area contributed by atoms with Crippen molar-refractivity contribution in [2.24, 2.45) is 16.8 Å². The van der Waals surface area contributed by atoms with Gasteiger partial charge in [0.15, 0.2) is 0 Å². The number of rotatable bonds is 1. The molecule has 0 aromatic heterocycles. The molecule has 3 aliphatic rings. The molecular weight excluding hydrogens is 188 g/mol. The van der Waals surface area contributed by atoms with E-state index in [4.69, 9.17) is 0 Å². The minimum Gasteiger partial charge on any atom is -0.309 e. The van der Waals surface area contributed by atoms with Crippen LogP contribution < -0.4 is 0 Å². The highest BCUT2D eigenvalue weighted by molar-refractivity contribution is 5.65. The van der Waals surface area contributed by atoms with Crippen LogP contribution in [0.4, 0.5) is 0 Å². The van der Waals surface area contributed by atoms with E-state index in [-0.39, 0.29) is 6.04 Å². The van der Waals surface area contributed by atoms with Crippen molar-refractivity contribution in [1.82, 2.24) is 4.90 Å². The number of likely N-dealkylation sites (tertiary alicyclic amines) is 1. The summed E-state index contributed by atoms with van der Waals surface area (Å²) >= 11 is 0. The minimum atomic E-state index is 0.199. The Labute approximate surface area is 88.5 Å². The summed E-state index contributed by atoms with van der Waals surface area (Å²) in [6.07, 6.45) is 14.0. The predicted octanol–water partition coefficient (Wildman–Crippen LogP) is 1.50. The number of carbonyl (C=O) groups is 1. The quantitative estimate of drug-likeness (QED) is 0.590. The average Bonchev–Trinajstić information content (AvgIpc) is 2.63. The topological polar surface area (TPSA) is 32.7 Å². The van der Waals surface area contributed by atoms with Crippen molar-refractivity contribution in [2.75, 3.05) is 0 Å². The molecule has 0 bridgehead atoms. The molecule has 1 saturated heterocycles. The molecule has 2 heterocycles. The third-order valence-electron chi connectivity index (χ3n) is 3.40. The number of hydrogen-bond donors (Lipinski definition) is 0. The van der Waals surface area contributed by atoms with Crippen LogP contribution in [-0.2, 0) is 4.79 Å². The molecule has 2 aliphatic heterocycles. The summed E-state index contributed by atoms with van der Waals surface area (Å²) in [5.74, 6) is 0.858. The number of allylic oxidation sites excluding steroid dienone is 3. The molecular formula is C12H12N2O. The van der Waals surface area contributed by atoms with Gasteiger partial charge < -0.3 is 4.90 Å². The molecule has 0 spiro atoms. The van der Waals surface area contributed by atoms with Crippen molar-refractivity contribution in [3.05, 3.63) is 36.2 Å². The Kier molecular flexibility index (Phi) is 1.84. The highest BCUT2D eigenvalue weighted by Gasteiger charge is 2.43. The van der Waals surface area contributed by atoms with Gasteiger partial charge in [0.25, 0.3) is 0 Å². The van der Waals surface area contributed by atoms with Gasteiger partial charge in [-0.3, -0.25) is 9.79 Å². The van der Waals surface area contributed by atoms with Crippen LogP contribution in [0, 0.1) is 11.8 Å². The Balaban J connectivity index is 2.05. The Hall–Kier alpha value is -1.64. The summed E-state index contributed by atoms with van der Waals surface area (Å²) in [6, 6.07) is 0.199. The van der Waals surface area contributed by atoms with Crippen LogP contribution in [-0.4, -0.2) is 23.6 Å². The van der Waals surface area contributed by atoms with E-state index in [0.717, 1.165) is 18.5 Å². The van der Waals surface area contributed by atoms with Crippen LogP contribution >= 0.6 is 0 Å². The highest BCUT2D eigenvalue weighted by atomic mass is 16.1. The summed E-state index contributed by atoms with van der Waals surface area (Å²) in [5.41, 5.74) is 1.07. The maximum atomic E-state index is 11.1. The first-order chi connectivity index (χ1) is 7.42. The van der Waals surface area contributed by atoms with Crippen molar-refractivity contribution in [3.8, 4) is 0 Å². The molecule has 0 aromatic carbocycles. The second-order valence-electron chi connectivity index (χ2n) is 4.08. The largest absolute Gasteiger partial charge is 0.309 e. The monoisotopic (exact) mass is 200 g/mol. The molecule has 3 nitrogen and oxygen atoms in total. The zero-order valence-corrected chi connectivity index (χ0v) is 8.28. The van der Waals surface area contributed by atoms with Gasteiger partial charge in [-0.05, 0) is 6.42 Å². The highest BCUT2D eigenvalue weighted by Crippen LogP contribution is 2.42. The summed E-state index contributed by atoms with van der Waals surface area (Å²) in [6.45, 7) is 0. The van der Waals surface area contributed by atoms with E-state index in [1.54, 1.807) is 0 Å². The predicted molar refractivity (Wildman–Crippen MR) is 58.1 cm³/mol. The summed E-state index contributed by atoms with van der Waals surface area (Å²) in [5, 5.41) is 0. The average molecular weight is 200 g/mol. The molecule has 0 radical (unpaired) electrons. The van der Waals surface area contributed by atoms with Crippen molar-refractivity contribution < 1.29 is 4.79 Å². The fourth-order valence-electron chi connectivity index (χ4n) is 2.70. The Bertz CT molecular complexity index is 406. The lowest BCUT2D eigenvalue weighted by atomic mass is 9.84. The molecule has 1 fully saturated rings. The van der Waals surface area contributed by atoms with E-state index in [1.807, 2.05) is 23.4 Å². The molecule has 3 heteroatoms. The zero-order chi connectivity index (χ0) is 10.3. The molecule has 3 unspecified atom stereocenters. The lowest BCUT2D eigenvalue weighted by Crippen LogP contribution is -2.29. The Morgan fingerprint density at radius 3 is 3.13 bits per heavy atom. The second-order valence-corrected chi connectivity index (χ2v) is 4.08. The van der Waals surface area contributed by atoms with E-state index in [1.165, 1.54) is 0 Å². The van der Waals surface area contributed by atoms with Gasteiger partial charge in [0.1, 0.15) is 0 Å².